The van der Waals surface area contributed by atoms with Crippen molar-refractivity contribution in [3.8, 4) is 0 Å². The quantitative estimate of drug-likeness (QED) is 0.495. The Labute approximate surface area is 117 Å². The van der Waals surface area contributed by atoms with Crippen molar-refractivity contribution in [2.75, 3.05) is 12.3 Å². The number of hydrogen-bond donors (Lipinski definition) is 4. The molecule has 0 bridgehead atoms. The molecular formula is C9H13FN3O7P. The molecule has 3 unspecified atom stereocenters. The van der Waals surface area contributed by atoms with Gasteiger partial charge in [0.2, 0.25) is 0 Å². The number of halogens is 1. The normalized spacial score (nSPS) is 26.2. The summed E-state index contributed by atoms with van der Waals surface area (Å²) in [5.74, 6) is -1.49. The Morgan fingerprint density at radius 3 is 2.90 bits per heavy atom. The molecule has 1 aliphatic rings. The van der Waals surface area contributed by atoms with Gasteiger partial charge < -0.3 is 25.4 Å². The first-order valence-corrected chi connectivity index (χ1v) is 7.28. The summed E-state index contributed by atoms with van der Waals surface area (Å²) in [5.41, 5.74) is 4.27. The molecule has 2 rings (SSSR count). The zero-order valence-electron chi connectivity index (χ0n) is 10.5. The number of phosphoric acid groups is 1. The molecule has 1 aromatic rings. The van der Waals surface area contributed by atoms with Gasteiger partial charge in [-0.2, -0.15) is 4.98 Å². The van der Waals surface area contributed by atoms with Crippen molar-refractivity contribution >= 4 is 13.6 Å². The molecule has 1 aliphatic heterocycles. The molecule has 0 aliphatic carbocycles. The third-order valence-electron chi connectivity index (χ3n) is 2.86. The van der Waals surface area contributed by atoms with E-state index in [4.69, 9.17) is 20.3 Å². The number of aliphatic hydroxyl groups excluding tert-OH is 1. The number of phosphoric ester groups is 1. The molecule has 0 amide bonds. The summed E-state index contributed by atoms with van der Waals surface area (Å²) in [5, 5.41) is 9.72. The first-order chi connectivity index (χ1) is 9.67. The largest absolute Gasteiger partial charge is 0.469 e. The Bertz CT molecular complexity index is 632. The fourth-order valence-electron chi connectivity index (χ4n) is 1.87. The number of hydrogen-bond acceptors (Lipinski definition) is 7. The lowest BCUT2D eigenvalue weighted by Crippen LogP contribution is -2.29. The van der Waals surface area contributed by atoms with Crippen LogP contribution in [-0.4, -0.2) is 43.3 Å². The number of ether oxygens (including phenoxy) is 1. The highest BCUT2D eigenvalue weighted by atomic mass is 31.2. The molecule has 21 heavy (non-hydrogen) atoms. The SMILES string of the molecule is Nc1nc(=O)n(C2CC(O)C(COP(=O)(O)O)O2)cc1F. The highest BCUT2D eigenvalue weighted by Gasteiger charge is 2.37. The molecule has 1 aromatic heterocycles. The van der Waals surface area contributed by atoms with Gasteiger partial charge in [-0.05, 0) is 0 Å². The van der Waals surface area contributed by atoms with E-state index < -0.39 is 50.2 Å². The standard InChI is InChI=1S/C9H13FN3O7P/c10-4-2-13(9(15)12-8(4)11)7-1-5(14)6(20-7)3-19-21(16,17)18/h2,5-7,14H,1,3H2,(H2,11,12,15)(H2,16,17,18). The summed E-state index contributed by atoms with van der Waals surface area (Å²) in [6.07, 6.45) is -2.57. The Hall–Kier alpha value is -1.36. The van der Waals surface area contributed by atoms with Gasteiger partial charge >= 0.3 is 13.5 Å². The van der Waals surface area contributed by atoms with Crippen LogP contribution < -0.4 is 11.4 Å². The minimum atomic E-state index is -4.71. The second-order valence-corrected chi connectivity index (χ2v) is 5.62. The van der Waals surface area contributed by atoms with E-state index >= 15 is 0 Å². The zero-order valence-corrected chi connectivity index (χ0v) is 11.4. The summed E-state index contributed by atoms with van der Waals surface area (Å²) in [4.78, 5) is 32.0. The molecule has 0 radical (unpaired) electrons. The molecule has 1 fully saturated rings. The third kappa shape index (κ3) is 3.84. The molecule has 118 valence electrons. The van der Waals surface area contributed by atoms with Gasteiger partial charge in [-0.25, -0.2) is 13.8 Å². The Balaban J connectivity index is 2.12. The van der Waals surface area contributed by atoms with E-state index in [1.807, 2.05) is 0 Å². The third-order valence-corrected chi connectivity index (χ3v) is 3.34. The van der Waals surface area contributed by atoms with Crippen molar-refractivity contribution < 1.29 is 33.1 Å². The molecule has 0 aromatic carbocycles. The van der Waals surface area contributed by atoms with E-state index in [0.717, 1.165) is 10.8 Å². The summed E-state index contributed by atoms with van der Waals surface area (Å²) >= 11 is 0. The highest BCUT2D eigenvalue weighted by Crippen LogP contribution is 2.38. The highest BCUT2D eigenvalue weighted by molar-refractivity contribution is 7.46. The van der Waals surface area contributed by atoms with Gasteiger partial charge in [-0.3, -0.25) is 9.09 Å². The van der Waals surface area contributed by atoms with Gasteiger partial charge in [0.05, 0.1) is 18.9 Å². The van der Waals surface area contributed by atoms with Gasteiger partial charge in [-0.1, -0.05) is 0 Å². The van der Waals surface area contributed by atoms with Gasteiger partial charge in [-0.15, -0.1) is 0 Å². The number of aliphatic hydroxyl groups is 1. The van der Waals surface area contributed by atoms with Crippen LogP contribution in [0.25, 0.3) is 0 Å². The van der Waals surface area contributed by atoms with Crippen LogP contribution in [0, 0.1) is 5.82 Å². The molecule has 0 spiro atoms. The number of aromatic nitrogens is 2. The smallest absolute Gasteiger partial charge is 0.390 e. The van der Waals surface area contributed by atoms with E-state index in [1.54, 1.807) is 0 Å². The number of anilines is 1. The van der Waals surface area contributed by atoms with E-state index in [9.17, 15) is 18.9 Å². The second-order valence-electron chi connectivity index (χ2n) is 4.38. The van der Waals surface area contributed by atoms with Crippen LogP contribution in [0.5, 0.6) is 0 Å². The van der Waals surface area contributed by atoms with Crippen LogP contribution in [0.4, 0.5) is 10.2 Å². The van der Waals surface area contributed by atoms with Crippen molar-refractivity contribution in [3.05, 3.63) is 22.5 Å². The average Bonchev–Trinajstić information content (AvgIpc) is 2.72. The summed E-state index contributed by atoms with van der Waals surface area (Å²) in [6, 6.07) is 0. The lowest BCUT2D eigenvalue weighted by Gasteiger charge is -2.16. The fraction of sp³-hybridized carbons (Fsp3) is 0.556. The maximum absolute atomic E-state index is 13.3. The van der Waals surface area contributed by atoms with E-state index in [1.165, 1.54) is 0 Å². The summed E-state index contributed by atoms with van der Waals surface area (Å²) in [7, 11) is -4.71. The molecule has 0 saturated carbocycles. The van der Waals surface area contributed by atoms with Crippen molar-refractivity contribution in [1.82, 2.24) is 9.55 Å². The van der Waals surface area contributed by atoms with Crippen LogP contribution >= 0.6 is 7.82 Å². The number of rotatable bonds is 4. The molecule has 1 saturated heterocycles. The zero-order chi connectivity index (χ0) is 15.8. The number of nitrogens with two attached hydrogens (primary N) is 1. The van der Waals surface area contributed by atoms with Crippen LogP contribution in [0.3, 0.4) is 0 Å². The maximum atomic E-state index is 13.3. The van der Waals surface area contributed by atoms with Gasteiger partial charge in [0.15, 0.2) is 11.6 Å². The van der Waals surface area contributed by atoms with E-state index in [-0.39, 0.29) is 6.42 Å². The summed E-state index contributed by atoms with van der Waals surface area (Å²) < 4.78 is 34.2. The second kappa shape index (κ2) is 5.79. The average molecular weight is 325 g/mol. The lowest BCUT2D eigenvalue weighted by atomic mass is 10.2. The first-order valence-electron chi connectivity index (χ1n) is 5.75. The molecular weight excluding hydrogens is 312 g/mol. The van der Waals surface area contributed by atoms with Gasteiger partial charge in [0, 0.05) is 6.42 Å². The Kier molecular flexibility index (Phi) is 4.42. The lowest BCUT2D eigenvalue weighted by molar-refractivity contribution is -0.0452. The monoisotopic (exact) mass is 325 g/mol. The van der Waals surface area contributed by atoms with Crippen molar-refractivity contribution in [2.24, 2.45) is 0 Å². The van der Waals surface area contributed by atoms with E-state index in [0.29, 0.717) is 0 Å². The predicted molar refractivity (Wildman–Crippen MR) is 65.4 cm³/mol. The summed E-state index contributed by atoms with van der Waals surface area (Å²) in [6.45, 7) is -0.582. The van der Waals surface area contributed by atoms with Crippen molar-refractivity contribution in [3.63, 3.8) is 0 Å². The van der Waals surface area contributed by atoms with Crippen molar-refractivity contribution in [1.29, 1.82) is 0 Å². The van der Waals surface area contributed by atoms with Crippen LogP contribution in [0.1, 0.15) is 12.6 Å². The Morgan fingerprint density at radius 1 is 1.62 bits per heavy atom. The van der Waals surface area contributed by atoms with E-state index in [2.05, 4.69) is 9.51 Å². The molecule has 5 N–H and O–H groups in total. The van der Waals surface area contributed by atoms with Crippen LogP contribution in [0.15, 0.2) is 11.0 Å². The number of nitrogens with zero attached hydrogens (tertiary/aromatic N) is 2. The fourth-order valence-corrected chi connectivity index (χ4v) is 2.21. The first kappa shape index (κ1) is 16.0. The molecule has 3 atom stereocenters. The molecule has 12 heteroatoms. The topological polar surface area (TPSA) is 157 Å². The molecule has 2 heterocycles. The maximum Gasteiger partial charge on any atom is 0.469 e. The van der Waals surface area contributed by atoms with Crippen LogP contribution in [0.2, 0.25) is 0 Å². The van der Waals surface area contributed by atoms with Gasteiger partial charge in [0.1, 0.15) is 12.3 Å². The van der Waals surface area contributed by atoms with Crippen LogP contribution in [-0.2, 0) is 13.8 Å². The predicted octanol–water partition coefficient (Wildman–Crippen LogP) is -1.28. The number of nitrogen functional groups attached to an aromatic ring is 1. The Morgan fingerprint density at radius 2 is 2.29 bits per heavy atom. The minimum Gasteiger partial charge on any atom is -0.390 e. The van der Waals surface area contributed by atoms with Gasteiger partial charge in [0.25, 0.3) is 0 Å². The molecule has 10 nitrogen and oxygen atoms in total. The minimum absolute atomic E-state index is 0.0971. The van der Waals surface area contributed by atoms with Crippen molar-refractivity contribution in [2.45, 2.75) is 24.9 Å².